The largest absolute Gasteiger partial charge is 0.424 e. The Hall–Kier alpha value is -1.43. The number of amides is 1. The van der Waals surface area contributed by atoms with E-state index in [-0.39, 0.29) is 5.91 Å². The van der Waals surface area contributed by atoms with Crippen LogP contribution >= 0.6 is 0 Å². The van der Waals surface area contributed by atoms with Gasteiger partial charge in [-0.05, 0) is 44.7 Å². The van der Waals surface area contributed by atoms with Crippen molar-refractivity contribution >= 4 is 5.91 Å². The van der Waals surface area contributed by atoms with Crippen LogP contribution in [-0.2, 0) is 17.8 Å². The lowest BCUT2D eigenvalue weighted by molar-refractivity contribution is -0.132. The molecule has 134 valence electrons. The van der Waals surface area contributed by atoms with E-state index in [4.69, 9.17) is 4.42 Å². The van der Waals surface area contributed by atoms with Crippen molar-refractivity contribution in [3.8, 4) is 0 Å². The molecule has 3 heterocycles. The maximum Gasteiger partial charge on any atom is 0.230 e. The quantitative estimate of drug-likeness (QED) is 0.847. The zero-order valence-corrected chi connectivity index (χ0v) is 15.0. The monoisotopic (exact) mass is 334 g/mol. The van der Waals surface area contributed by atoms with Crippen LogP contribution in [0.3, 0.4) is 0 Å². The van der Waals surface area contributed by atoms with E-state index in [9.17, 15) is 4.79 Å². The highest BCUT2D eigenvalue weighted by Gasteiger charge is 2.32. The zero-order chi connectivity index (χ0) is 16.9. The molecule has 3 rings (SSSR count). The minimum absolute atomic E-state index is 0.252. The second-order valence-corrected chi connectivity index (χ2v) is 7.19. The molecule has 1 unspecified atom stereocenters. The Morgan fingerprint density at radius 3 is 2.50 bits per heavy atom. The summed E-state index contributed by atoms with van der Waals surface area (Å²) in [5.41, 5.74) is 0. The van der Waals surface area contributed by atoms with Crippen LogP contribution in [0, 0.1) is 5.92 Å². The first-order valence-electron chi connectivity index (χ1n) is 9.48. The van der Waals surface area contributed by atoms with Crippen LogP contribution < -0.4 is 0 Å². The standard InChI is InChI=1S/C18H30N4O2/c1-3-17-19-20-18(24-17)13-21-11-8-15(9-12-21)16-7-5-4-6-10-22(16)14(2)23/h15-16H,3-13H2,1-2H3. The number of piperidine rings is 1. The Labute approximate surface area is 144 Å². The van der Waals surface area contributed by atoms with Crippen molar-refractivity contribution in [3.05, 3.63) is 11.8 Å². The zero-order valence-electron chi connectivity index (χ0n) is 15.0. The van der Waals surface area contributed by atoms with Crippen LogP contribution in [0.4, 0.5) is 0 Å². The molecular formula is C18H30N4O2. The third-order valence-electron chi connectivity index (χ3n) is 5.55. The summed E-state index contributed by atoms with van der Waals surface area (Å²) in [5, 5.41) is 8.17. The van der Waals surface area contributed by atoms with Gasteiger partial charge in [-0.15, -0.1) is 10.2 Å². The first-order valence-corrected chi connectivity index (χ1v) is 9.48. The number of hydrogen-bond donors (Lipinski definition) is 0. The number of aryl methyl sites for hydroxylation is 1. The molecule has 6 nitrogen and oxygen atoms in total. The van der Waals surface area contributed by atoms with Crippen molar-refractivity contribution in [2.45, 2.75) is 71.4 Å². The molecule has 1 amide bonds. The second-order valence-electron chi connectivity index (χ2n) is 7.19. The van der Waals surface area contributed by atoms with Crippen molar-refractivity contribution in [3.63, 3.8) is 0 Å². The van der Waals surface area contributed by atoms with Gasteiger partial charge >= 0.3 is 0 Å². The summed E-state index contributed by atoms with van der Waals surface area (Å²) in [7, 11) is 0. The molecule has 2 fully saturated rings. The van der Waals surface area contributed by atoms with Crippen molar-refractivity contribution in [2.75, 3.05) is 19.6 Å². The fraction of sp³-hybridized carbons (Fsp3) is 0.833. The first kappa shape index (κ1) is 17.4. The highest BCUT2D eigenvalue weighted by Crippen LogP contribution is 2.30. The molecule has 0 N–H and O–H groups in total. The predicted octanol–water partition coefficient (Wildman–Crippen LogP) is 2.64. The van der Waals surface area contributed by atoms with E-state index in [1.807, 2.05) is 6.92 Å². The maximum atomic E-state index is 12.0. The smallest absolute Gasteiger partial charge is 0.230 e. The van der Waals surface area contributed by atoms with Crippen molar-refractivity contribution < 1.29 is 9.21 Å². The van der Waals surface area contributed by atoms with Crippen LogP contribution in [0.1, 0.15) is 64.2 Å². The van der Waals surface area contributed by atoms with E-state index in [1.165, 1.54) is 19.3 Å². The average molecular weight is 334 g/mol. The molecule has 1 atom stereocenters. The topological polar surface area (TPSA) is 62.5 Å². The molecule has 0 spiro atoms. The SMILES string of the molecule is CCc1nnc(CN2CCC(C3CCCCCN3C(C)=O)CC2)o1. The third kappa shape index (κ3) is 4.15. The Bertz CT molecular complexity index is 537. The number of rotatable bonds is 4. The molecule has 0 bridgehead atoms. The maximum absolute atomic E-state index is 12.0. The fourth-order valence-electron chi connectivity index (χ4n) is 4.20. The highest BCUT2D eigenvalue weighted by molar-refractivity contribution is 5.73. The average Bonchev–Trinajstić information content (AvgIpc) is 2.89. The van der Waals surface area contributed by atoms with E-state index in [0.717, 1.165) is 63.6 Å². The van der Waals surface area contributed by atoms with E-state index < -0.39 is 0 Å². The molecule has 2 aliphatic heterocycles. The number of hydrogen-bond acceptors (Lipinski definition) is 5. The van der Waals surface area contributed by atoms with Crippen LogP contribution in [0.5, 0.6) is 0 Å². The molecule has 0 saturated carbocycles. The Morgan fingerprint density at radius 2 is 1.83 bits per heavy atom. The summed E-state index contributed by atoms with van der Waals surface area (Å²) < 4.78 is 5.63. The highest BCUT2D eigenvalue weighted by atomic mass is 16.4. The Morgan fingerprint density at radius 1 is 1.08 bits per heavy atom. The summed E-state index contributed by atoms with van der Waals surface area (Å²) in [6, 6.07) is 0.447. The van der Waals surface area contributed by atoms with Gasteiger partial charge in [-0.25, -0.2) is 0 Å². The Balaban J connectivity index is 1.54. The lowest BCUT2D eigenvalue weighted by atomic mass is 9.86. The second kappa shape index (κ2) is 8.10. The Kier molecular flexibility index (Phi) is 5.87. The summed E-state index contributed by atoms with van der Waals surface area (Å²) in [5.74, 6) is 2.33. The molecular weight excluding hydrogens is 304 g/mol. The van der Waals surface area contributed by atoms with E-state index in [2.05, 4.69) is 20.0 Å². The van der Waals surface area contributed by atoms with Crippen molar-refractivity contribution in [2.24, 2.45) is 5.92 Å². The normalized spacial score (nSPS) is 24.1. The van der Waals surface area contributed by atoms with Crippen LogP contribution in [0.15, 0.2) is 4.42 Å². The van der Waals surface area contributed by atoms with E-state index >= 15 is 0 Å². The molecule has 1 aromatic rings. The van der Waals surface area contributed by atoms with Crippen molar-refractivity contribution in [1.82, 2.24) is 20.0 Å². The predicted molar refractivity (Wildman–Crippen MR) is 91.3 cm³/mol. The lowest BCUT2D eigenvalue weighted by Gasteiger charge is -2.40. The summed E-state index contributed by atoms with van der Waals surface area (Å²) in [6.45, 7) is 7.56. The number of likely N-dealkylation sites (tertiary alicyclic amines) is 2. The molecule has 6 heteroatoms. The third-order valence-corrected chi connectivity index (χ3v) is 5.55. The number of nitrogens with zero attached hydrogens (tertiary/aromatic N) is 4. The molecule has 1 aromatic heterocycles. The van der Waals surface area contributed by atoms with Gasteiger partial charge in [0.15, 0.2) is 0 Å². The summed E-state index contributed by atoms with van der Waals surface area (Å²) in [4.78, 5) is 16.6. The summed E-state index contributed by atoms with van der Waals surface area (Å²) >= 11 is 0. The van der Waals surface area contributed by atoms with E-state index in [0.29, 0.717) is 12.0 Å². The van der Waals surface area contributed by atoms with E-state index in [1.54, 1.807) is 6.92 Å². The van der Waals surface area contributed by atoms with Gasteiger partial charge < -0.3 is 9.32 Å². The molecule has 24 heavy (non-hydrogen) atoms. The molecule has 0 aliphatic carbocycles. The van der Waals surface area contributed by atoms with Crippen LogP contribution in [-0.4, -0.2) is 51.6 Å². The van der Waals surface area contributed by atoms with Crippen LogP contribution in [0.25, 0.3) is 0 Å². The minimum Gasteiger partial charge on any atom is -0.424 e. The number of carbonyl (C=O) groups excluding carboxylic acids is 1. The lowest BCUT2D eigenvalue weighted by Crippen LogP contribution is -2.47. The van der Waals surface area contributed by atoms with Gasteiger partial charge in [0.25, 0.3) is 0 Å². The summed E-state index contributed by atoms with van der Waals surface area (Å²) in [6.07, 6.45) is 7.95. The molecule has 2 saturated heterocycles. The van der Waals surface area contributed by atoms with Gasteiger partial charge in [0, 0.05) is 25.9 Å². The first-order chi connectivity index (χ1) is 11.7. The number of aromatic nitrogens is 2. The van der Waals surface area contributed by atoms with Gasteiger partial charge in [-0.1, -0.05) is 19.8 Å². The van der Waals surface area contributed by atoms with Gasteiger partial charge in [-0.3, -0.25) is 9.69 Å². The van der Waals surface area contributed by atoms with Gasteiger partial charge in [0.05, 0.1) is 6.54 Å². The fourth-order valence-corrected chi connectivity index (χ4v) is 4.20. The van der Waals surface area contributed by atoms with Gasteiger partial charge in [-0.2, -0.15) is 0 Å². The van der Waals surface area contributed by atoms with Gasteiger partial charge in [0.1, 0.15) is 0 Å². The molecule has 0 aromatic carbocycles. The van der Waals surface area contributed by atoms with Gasteiger partial charge in [0.2, 0.25) is 17.7 Å². The number of carbonyl (C=O) groups is 1. The van der Waals surface area contributed by atoms with Crippen molar-refractivity contribution in [1.29, 1.82) is 0 Å². The minimum atomic E-state index is 0.252. The molecule has 0 radical (unpaired) electrons. The van der Waals surface area contributed by atoms with Crippen LogP contribution in [0.2, 0.25) is 0 Å². The molecule has 2 aliphatic rings.